The number of aliphatic hydroxyl groups excluding tert-OH is 1. The molecule has 1 aliphatic heterocycles. The Labute approximate surface area is 85.5 Å². The molecule has 0 radical (unpaired) electrons. The van der Waals surface area contributed by atoms with Crippen LogP contribution in [0.2, 0.25) is 0 Å². The van der Waals surface area contributed by atoms with E-state index in [1.54, 1.807) is 11.8 Å². The van der Waals surface area contributed by atoms with E-state index in [9.17, 15) is 9.90 Å². The van der Waals surface area contributed by atoms with Crippen molar-refractivity contribution >= 4 is 5.91 Å². The van der Waals surface area contributed by atoms with Gasteiger partial charge in [0.15, 0.2) is 0 Å². The quantitative estimate of drug-likeness (QED) is 0.678. The molecule has 1 fully saturated rings. The fourth-order valence-corrected chi connectivity index (χ4v) is 1.77. The molecule has 1 saturated heterocycles. The second-order valence-corrected chi connectivity index (χ2v) is 4.14. The molecule has 2 atom stereocenters. The topological polar surface area (TPSA) is 43.8 Å². The van der Waals surface area contributed by atoms with E-state index in [2.05, 4.69) is 4.90 Å². The van der Waals surface area contributed by atoms with Crippen molar-refractivity contribution in [2.45, 2.75) is 32.4 Å². The summed E-state index contributed by atoms with van der Waals surface area (Å²) in [6.07, 6.45) is 0.550. The molecule has 1 rings (SSSR count). The fraction of sp³-hybridized carbons (Fsp3) is 0.900. The van der Waals surface area contributed by atoms with Crippen molar-refractivity contribution in [3.05, 3.63) is 0 Å². The Morgan fingerprint density at radius 1 is 1.57 bits per heavy atom. The van der Waals surface area contributed by atoms with Crippen LogP contribution in [0.4, 0.5) is 0 Å². The van der Waals surface area contributed by atoms with E-state index in [4.69, 9.17) is 0 Å². The number of hydrogen-bond acceptors (Lipinski definition) is 3. The summed E-state index contributed by atoms with van der Waals surface area (Å²) in [5.74, 6) is 0.130. The fourth-order valence-electron chi connectivity index (χ4n) is 1.77. The highest BCUT2D eigenvalue weighted by molar-refractivity contribution is 5.81. The van der Waals surface area contributed by atoms with Gasteiger partial charge in [-0.1, -0.05) is 0 Å². The van der Waals surface area contributed by atoms with Gasteiger partial charge in [0.25, 0.3) is 0 Å². The minimum absolute atomic E-state index is 0.0590. The van der Waals surface area contributed by atoms with Crippen LogP contribution in [0.1, 0.15) is 20.3 Å². The van der Waals surface area contributed by atoms with E-state index >= 15 is 0 Å². The highest BCUT2D eigenvalue weighted by Gasteiger charge is 2.27. The summed E-state index contributed by atoms with van der Waals surface area (Å²) in [7, 11) is 1.97. The molecule has 0 aromatic heterocycles. The molecule has 0 aromatic rings. The standard InChI is InChI=1S/C10H20N2O2/c1-8(13)7-12-6-4-5-11(3)9(2)10(12)14/h8-9,13H,4-7H2,1-3H3. The van der Waals surface area contributed by atoms with E-state index in [1.165, 1.54) is 0 Å². The number of carbonyl (C=O) groups excluding carboxylic acids is 1. The van der Waals surface area contributed by atoms with Crippen LogP contribution in [0, 0.1) is 0 Å². The molecule has 0 aromatic carbocycles. The first-order valence-corrected chi connectivity index (χ1v) is 5.19. The van der Waals surface area contributed by atoms with Crippen molar-refractivity contribution in [3.63, 3.8) is 0 Å². The zero-order valence-electron chi connectivity index (χ0n) is 9.23. The third kappa shape index (κ3) is 2.69. The van der Waals surface area contributed by atoms with Gasteiger partial charge in [0.2, 0.25) is 5.91 Å². The third-order valence-electron chi connectivity index (χ3n) is 2.75. The van der Waals surface area contributed by atoms with Crippen molar-refractivity contribution in [2.75, 3.05) is 26.7 Å². The number of amides is 1. The average Bonchev–Trinajstić information content (AvgIpc) is 2.21. The lowest BCUT2D eigenvalue weighted by Gasteiger charge is -2.26. The number of rotatable bonds is 2. The van der Waals surface area contributed by atoms with Crippen molar-refractivity contribution in [1.29, 1.82) is 0 Å². The van der Waals surface area contributed by atoms with Crippen molar-refractivity contribution in [1.82, 2.24) is 9.80 Å². The van der Waals surface area contributed by atoms with Gasteiger partial charge in [0, 0.05) is 19.6 Å². The van der Waals surface area contributed by atoms with Crippen LogP contribution in [0.3, 0.4) is 0 Å². The molecular formula is C10H20N2O2. The first-order valence-electron chi connectivity index (χ1n) is 5.19. The molecular weight excluding hydrogens is 180 g/mol. The van der Waals surface area contributed by atoms with Crippen LogP contribution in [0.15, 0.2) is 0 Å². The molecule has 0 saturated carbocycles. The number of nitrogens with zero attached hydrogens (tertiary/aromatic N) is 2. The first-order chi connectivity index (χ1) is 6.52. The van der Waals surface area contributed by atoms with Gasteiger partial charge < -0.3 is 10.0 Å². The number of likely N-dealkylation sites (N-methyl/N-ethyl adjacent to an activating group) is 1. The number of hydrogen-bond donors (Lipinski definition) is 1. The summed E-state index contributed by atoms with van der Waals surface area (Å²) < 4.78 is 0. The van der Waals surface area contributed by atoms with Crippen LogP contribution < -0.4 is 0 Å². The molecule has 0 bridgehead atoms. The summed E-state index contributed by atoms with van der Waals surface area (Å²) in [6, 6.07) is -0.0590. The van der Waals surface area contributed by atoms with E-state index in [0.29, 0.717) is 6.54 Å². The van der Waals surface area contributed by atoms with Gasteiger partial charge >= 0.3 is 0 Å². The molecule has 2 unspecified atom stereocenters. The maximum atomic E-state index is 11.9. The summed E-state index contributed by atoms with van der Waals surface area (Å²) in [5, 5.41) is 9.26. The molecule has 1 amide bonds. The van der Waals surface area contributed by atoms with Gasteiger partial charge in [-0.3, -0.25) is 9.69 Å². The molecule has 0 spiro atoms. The van der Waals surface area contributed by atoms with Crippen LogP contribution >= 0.6 is 0 Å². The molecule has 1 aliphatic rings. The van der Waals surface area contributed by atoms with Gasteiger partial charge in [0.05, 0.1) is 12.1 Å². The maximum absolute atomic E-state index is 11.9. The molecule has 14 heavy (non-hydrogen) atoms. The second-order valence-electron chi connectivity index (χ2n) is 4.14. The van der Waals surface area contributed by atoms with Gasteiger partial charge in [-0.25, -0.2) is 0 Å². The predicted octanol–water partition coefficient (Wildman–Crippen LogP) is -0.0802. The highest BCUT2D eigenvalue weighted by Crippen LogP contribution is 2.09. The molecule has 1 N–H and O–H groups in total. The van der Waals surface area contributed by atoms with Crippen molar-refractivity contribution in [3.8, 4) is 0 Å². The van der Waals surface area contributed by atoms with E-state index in [1.807, 2.05) is 14.0 Å². The number of carbonyl (C=O) groups is 1. The Hall–Kier alpha value is -0.610. The van der Waals surface area contributed by atoms with Gasteiger partial charge in [0.1, 0.15) is 0 Å². The zero-order valence-corrected chi connectivity index (χ0v) is 9.23. The van der Waals surface area contributed by atoms with Crippen LogP contribution in [0.25, 0.3) is 0 Å². The van der Waals surface area contributed by atoms with Crippen LogP contribution in [0.5, 0.6) is 0 Å². The summed E-state index contributed by atoms with van der Waals surface area (Å²) in [4.78, 5) is 15.7. The van der Waals surface area contributed by atoms with Crippen LogP contribution in [-0.4, -0.2) is 59.6 Å². The third-order valence-corrected chi connectivity index (χ3v) is 2.75. The Morgan fingerprint density at radius 3 is 2.79 bits per heavy atom. The number of aliphatic hydroxyl groups is 1. The zero-order chi connectivity index (χ0) is 10.7. The molecule has 1 heterocycles. The molecule has 82 valence electrons. The maximum Gasteiger partial charge on any atom is 0.239 e. The Bertz CT molecular complexity index is 206. The lowest BCUT2D eigenvalue weighted by molar-refractivity contribution is -0.135. The van der Waals surface area contributed by atoms with Crippen molar-refractivity contribution < 1.29 is 9.90 Å². The van der Waals surface area contributed by atoms with E-state index in [0.717, 1.165) is 19.5 Å². The Morgan fingerprint density at radius 2 is 2.21 bits per heavy atom. The molecule has 0 aliphatic carbocycles. The van der Waals surface area contributed by atoms with Gasteiger partial charge in [-0.05, 0) is 27.3 Å². The molecule has 4 heteroatoms. The second kappa shape index (κ2) is 4.75. The summed E-state index contributed by atoms with van der Waals surface area (Å²) >= 11 is 0. The number of β-amino-alcohol motifs (C(OH)–C–C–N with tert-alkyl or cyclic N) is 1. The molecule has 4 nitrogen and oxygen atoms in total. The van der Waals surface area contributed by atoms with Gasteiger partial charge in [-0.2, -0.15) is 0 Å². The lowest BCUT2D eigenvalue weighted by Crippen LogP contribution is -2.44. The highest BCUT2D eigenvalue weighted by atomic mass is 16.3. The smallest absolute Gasteiger partial charge is 0.239 e. The summed E-state index contributed by atoms with van der Waals surface area (Å²) in [6.45, 7) is 5.80. The SMILES string of the molecule is CC(O)CN1CCCN(C)C(C)C1=O. The average molecular weight is 200 g/mol. The van der Waals surface area contributed by atoms with Crippen LogP contribution in [-0.2, 0) is 4.79 Å². The summed E-state index contributed by atoms with van der Waals surface area (Å²) in [5.41, 5.74) is 0. The Balaban J connectivity index is 2.63. The minimum atomic E-state index is -0.436. The van der Waals surface area contributed by atoms with E-state index in [-0.39, 0.29) is 11.9 Å². The lowest BCUT2D eigenvalue weighted by atomic mass is 10.2. The largest absolute Gasteiger partial charge is 0.392 e. The normalized spacial score (nSPS) is 27.6. The monoisotopic (exact) mass is 200 g/mol. The van der Waals surface area contributed by atoms with Crippen molar-refractivity contribution in [2.24, 2.45) is 0 Å². The minimum Gasteiger partial charge on any atom is -0.392 e. The predicted molar refractivity (Wildman–Crippen MR) is 55.0 cm³/mol. The van der Waals surface area contributed by atoms with E-state index < -0.39 is 6.10 Å². The first kappa shape index (κ1) is 11.5. The van der Waals surface area contributed by atoms with Gasteiger partial charge in [-0.15, -0.1) is 0 Å². The Kier molecular flexibility index (Phi) is 3.89.